The van der Waals surface area contributed by atoms with Crippen molar-refractivity contribution in [2.75, 3.05) is 13.7 Å². The number of Topliss-reactive ketones (excluding diaryl/α,β-unsaturated/α-hetero) is 1. The largest absolute Gasteiger partial charge is 0.496 e. The van der Waals surface area contributed by atoms with E-state index >= 15 is 0 Å². The number of rotatable bonds is 4. The number of methoxy groups -OCH3 is 1. The van der Waals surface area contributed by atoms with E-state index in [-0.39, 0.29) is 6.61 Å². The number of ether oxygens (including phenoxy) is 2. The van der Waals surface area contributed by atoms with Crippen molar-refractivity contribution in [1.29, 1.82) is 0 Å². The Bertz CT molecular complexity index is 409. The molecule has 0 aliphatic heterocycles. The molecule has 0 unspecified atom stereocenters. The van der Waals surface area contributed by atoms with Crippen LogP contribution in [-0.4, -0.2) is 25.5 Å². The van der Waals surface area contributed by atoms with E-state index in [0.717, 1.165) is 5.56 Å². The van der Waals surface area contributed by atoms with Gasteiger partial charge in [-0.3, -0.25) is 4.79 Å². The van der Waals surface area contributed by atoms with Gasteiger partial charge in [0.2, 0.25) is 0 Å². The van der Waals surface area contributed by atoms with E-state index in [4.69, 9.17) is 4.74 Å². The minimum atomic E-state index is -0.827. The van der Waals surface area contributed by atoms with E-state index in [9.17, 15) is 9.59 Å². The second-order valence-corrected chi connectivity index (χ2v) is 3.23. The highest BCUT2D eigenvalue weighted by atomic mass is 16.5. The van der Waals surface area contributed by atoms with Gasteiger partial charge in [-0.25, -0.2) is 4.79 Å². The molecular weight excluding hydrogens is 208 g/mol. The van der Waals surface area contributed by atoms with E-state index in [1.165, 1.54) is 0 Å². The summed E-state index contributed by atoms with van der Waals surface area (Å²) >= 11 is 0. The van der Waals surface area contributed by atoms with Gasteiger partial charge >= 0.3 is 5.97 Å². The van der Waals surface area contributed by atoms with Crippen molar-refractivity contribution in [2.45, 2.75) is 13.8 Å². The van der Waals surface area contributed by atoms with Crippen LogP contribution in [0.2, 0.25) is 0 Å². The average Bonchev–Trinajstić information content (AvgIpc) is 2.28. The van der Waals surface area contributed by atoms with Crippen molar-refractivity contribution in [3.8, 4) is 5.75 Å². The summed E-state index contributed by atoms with van der Waals surface area (Å²) in [6, 6.07) is 4.81. The summed E-state index contributed by atoms with van der Waals surface area (Å²) in [4.78, 5) is 22.8. The van der Waals surface area contributed by atoms with Gasteiger partial charge in [0.25, 0.3) is 5.78 Å². The van der Waals surface area contributed by atoms with Crippen molar-refractivity contribution < 1.29 is 19.1 Å². The predicted molar refractivity (Wildman–Crippen MR) is 58.7 cm³/mol. The van der Waals surface area contributed by atoms with Crippen LogP contribution in [0, 0.1) is 6.92 Å². The lowest BCUT2D eigenvalue weighted by atomic mass is 10.1. The fraction of sp³-hybridized carbons (Fsp3) is 0.333. The maximum absolute atomic E-state index is 11.6. The quantitative estimate of drug-likeness (QED) is 0.442. The number of ketones is 1. The smallest absolute Gasteiger partial charge is 0.379 e. The molecule has 0 saturated carbocycles. The standard InChI is InChI=1S/C12H14O4/c1-4-16-12(14)11(13)9-5-6-10(15-3)8(2)7-9/h5-7H,4H2,1-3H3. The van der Waals surface area contributed by atoms with Crippen molar-refractivity contribution in [3.05, 3.63) is 29.3 Å². The van der Waals surface area contributed by atoms with Gasteiger partial charge in [0.15, 0.2) is 0 Å². The fourth-order valence-corrected chi connectivity index (χ4v) is 1.33. The number of carbonyl (C=O) groups excluding carboxylic acids is 2. The number of esters is 1. The van der Waals surface area contributed by atoms with Gasteiger partial charge in [0, 0.05) is 5.56 Å². The van der Waals surface area contributed by atoms with Gasteiger partial charge in [-0.15, -0.1) is 0 Å². The molecule has 4 heteroatoms. The molecule has 1 rings (SSSR count). The number of carbonyl (C=O) groups is 2. The third-order valence-electron chi connectivity index (χ3n) is 2.12. The van der Waals surface area contributed by atoms with Gasteiger partial charge in [0.05, 0.1) is 13.7 Å². The maximum atomic E-state index is 11.6. The molecule has 1 aromatic carbocycles. The lowest BCUT2D eigenvalue weighted by Crippen LogP contribution is -2.17. The van der Waals surface area contributed by atoms with Crippen LogP contribution in [0.15, 0.2) is 18.2 Å². The number of hydrogen-bond acceptors (Lipinski definition) is 4. The van der Waals surface area contributed by atoms with Crippen molar-refractivity contribution >= 4 is 11.8 Å². The van der Waals surface area contributed by atoms with E-state index in [2.05, 4.69) is 4.74 Å². The first-order valence-electron chi connectivity index (χ1n) is 4.96. The Balaban J connectivity index is 2.93. The first kappa shape index (κ1) is 12.2. The summed E-state index contributed by atoms with van der Waals surface area (Å²) in [6.07, 6.45) is 0. The summed E-state index contributed by atoms with van der Waals surface area (Å²) in [5.41, 5.74) is 1.12. The molecule has 0 aliphatic carbocycles. The molecule has 0 heterocycles. The second kappa shape index (κ2) is 5.30. The maximum Gasteiger partial charge on any atom is 0.379 e. The van der Waals surface area contributed by atoms with E-state index in [1.807, 2.05) is 0 Å². The lowest BCUT2D eigenvalue weighted by Gasteiger charge is -2.06. The Morgan fingerprint density at radius 1 is 1.31 bits per heavy atom. The highest BCUT2D eigenvalue weighted by Crippen LogP contribution is 2.18. The van der Waals surface area contributed by atoms with Crippen LogP contribution in [0.3, 0.4) is 0 Å². The Labute approximate surface area is 94.2 Å². The van der Waals surface area contributed by atoms with Crippen molar-refractivity contribution in [3.63, 3.8) is 0 Å². The molecular formula is C12H14O4. The fourth-order valence-electron chi connectivity index (χ4n) is 1.33. The van der Waals surface area contributed by atoms with Crippen molar-refractivity contribution in [2.24, 2.45) is 0 Å². The van der Waals surface area contributed by atoms with Crippen LogP contribution in [0.1, 0.15) is 22.8 Å². The Hall–Kier alpha value is -1.84. The molecule has 1 aromatic rings. The first-order chi connectivity index (χ1) is 7.60. The molecule has 0 bridgehead atoms. The van der Waals surface area contributed by atoms with Crippen molar-refractivity contribution in [1.82, 2.24) is 0 Å². The Morgan fingerprint density at radius 2 is 2.00 bits per heavy atom. The Morgan fingerprint density at radius 3 is 2.50 bits per heavy atom. The summed E-state index contributed by atoms with van der Waals surface area (Å²) in [5, 5.41) is 0. The topological polar surface area (TPSA) is 52.6 Å². The first-order valence-corrected chi connectivity index (χ1v) is 4.96. The van der Waals surface area contributed by atoms with E-state index in [0.29, 0.717) is 11.3 Å². The van der Waals surface area contributed by atoms with Crippen LogP contribution < -0.4 is 4.74 Å². The summed E-state index contributed by atoms with van der Waals surface area (Å²) in [7, 11) is 1.55. The van der Waals surface area contributed by atoms with Crippen LogP contribution in [0.4, 0.5) is 0 Å². The average molecular weight is 222 g/mol. The number of hydrogen-bond donors (Lipinski definition) is 0. The molecule has 0 aromatic heterocycles. The molecule has 0 atom stereocenters. The van der Waals surface area contributed by atoms with Crippen LogP contribution >= 0.6 is 0 Å². The van der Waals surface area contributed by atoms with Crippen LogP contribution in [-0.2, 0) is 9.53 Å². The van der Waals surface area contributed by atoms with E-state index in [1.54, 1.807) is 39.2 Å². The molecule has 0 spiro atoms. The molecule has 0 radical (unpaired) electrons. The Kier molecular flexibility index (Phi) is 4.05. The minimum Gasteiger partial charge on any atom is -0.496 e. The van der Waals surface area contributed by atoms with Gasteiger partial charge in [-0.1, -0.05) is 0 Å². The zero-order valence-electron chi connectivity index (χ0n) is 9.57. The summed E-state index contributed by atoms with van der Waals surface area (Å²) in [5.74, 6) is -0.778. The minimum absolute atomic E-state index is 0.194. The zero-order valence-corrected chi connectivity index (χ0v) is 9.57. The van der Waals surface area contributed by atoms with Crippen LogP contribution in [0.25, 0.3) is 0 Å². The van der Waals surface area contributed by atoms with Gasteiger partial charge in [0.1, 0.15) is 5.75 Å². The normalized spacial score (nSPS) is 9.69. The monoisotopic (exact) mass is 222 g/mol. The lowest BCUT2D eigenvalue weighted by molar-refractivity contribution is -0.137. The molecule has 0 fully saturated rings. The van der Waals surface area contributed by atoms with Gasteiger partial charge in [-0.2, -0.15) is 0 Å². The molecule has 0 saturated heterocycles. The third-order valence-corrected chi connectivity index (χ3v) is 2.12. The highest BCUT2D eigenvalue weighted by Gasteiger charge is 2.17. The summed E-state index contributed by atoms with van der Waals surface area (Å²) < 4.78 is 9.69. The van der Waals surface area contributed by atoms with Gasteiger partial charge in [-0.05, 0) is 37.6 Å². The molecule has 0 amide bonds. The molecule has 86 valence electrons. The highest BCUT2D eigenvalue weighted by molar-refractivity contribution is 6.40. The molecule has 16 heavy (non-hydrogen) atoms. The summed E-state index contributed by atoms with van der Waals surface area (Å²) in [6.45, 7) is 3.66. The molecule has 4 nitrogen and oxygen atoms in total. The molecule has 0 aliphatic rings. The molecule has 0 N–H and O–H groups in total. The van der Waals surface area contributed by atoms with Gasteiger partial charge < -0.3 is 9.47 Å². The third kappa shape index (κ3) is 2.59. The number of aryl methyl sites for hydroxylation is 1. The SMILES string of the molecule is CCOC(=O)C(=O)c1ccc(OC)c(C)c1. The van der Waals surface area contributed by atoms with Crippen LogP contribution in [0.5, 0.6) is 5.75 Å². The second-order valence-electron chi connectivity index (χ2n) is 3.23. The zero-order chi connectivity index (χ0) is 12.1. The van der Waals surface area contributed by atoms with E-state index < -0.39 is 11.8 Å². The number of benzene rings is 1. The predicted octanol–water partition coefficient (Wildman–Crippen LogP) is 1.75.